The van der Waals surface area contributed by atoms with E-state index >= 15 is 0 Å². The van der Waals surface area contributed by atoms with E-state index in [9.17, 15) is 64.1 Å². The standard InChI is InChI=1S/C39H27N5O14S3.2Cu.3Na/c45-30-13-8-23-15-26(59(50,51)52)19-33(60(53,54)55)35(23)36(30)43-41-28-11-6-21(16-31(28)46)22-7-12-29(32(47)17-22)42-44-37-34(61(56,57)58)18-24-14-25(9-10-27(24)38(37)48)40-39(49)20-4-2-1-3-5-20;;;;;/h1-19,45-48H,(H,40,49)(H,50,51,52)(H,53,54,55)(H,56,57,58);;;;;/q;2*+2;3*+1/p-7. The summed E-state index contributed by atoms with van der Waals surface area (Å²) in [5, 5.41) is 68.6. The molecule has 0 saturated carbocycles. The van der Waals surface area contributed by atoms with Crippen molar-refractivity contribution in [2.45, 2.75) is 14.7 Å². The summed E-state index contributed by atoms with van der Waals surface area (Å²) in [6.45, 7) is 0. The molecular weight excluding hydrogens is 1050 g/mol. The molecule has 0 aromatic heterocycles. The molecule has 0 aliphatic rings. The van der Waals surface area contributed by atoms with E-state index in [0.29, 0.717) is 11.6 Å². The zero-order valence-electron chi connectivity index (χ0n) is 33.8. The zero-order valence-corrected chi connectivity index (χ0v) is 44.1. The van der Waals surface area contributed by atoms with Crippen LogP contribution in [0.1, 0.15) is 10.4 Å². The SMILES string of the molecule is O=C(Nc1ccc2c([O-])c(N=Nc3ccc(-c4ccc(N=Nc5c([O-])ccc6cc(S(=O)(=O)[O-])cc(S(=O)(=O)[O-])c56)c([O-])c4)cc3[O-])c(S(=O)(=O)[O-])cc2c1)c1ccccc1.[Cu+2].[Cu+2].[Na+].[Na+].[Na+]. The maximum absolute atomic E-state index is 13.4. The largest absolute Gasteiger partial charge is 2.00 e. The Kier molecular flexibility index (Phi) is 20.8. The maximum atomic E-state index is 13.4. The summed E-state index contributed by atoms with van der Waals surface area (Å²) in [4.78, 5) is 9.28. The van der Waals surface area contributed by atoms with E-state index in [1.807, 2.05) is 0 Å². The topological polar surface area (TPSA) is 342 Å². The van der Waals surface area contributed by atoms with E-state index in [-0.39, 0.29) is 156 Å². The average Bonchev–Trinajstić information content (AvgIpc) is 3.19. The summed E-state index contributed by atoms with van der Waals surface area (Å²) in [5.74, 6) is -4.10. The van der Waals surface area contributed by atoms with E-state index in [1.54, 1.807) is 30.3 Å². The van der Waals surface area contributed by atoms with Crippen molar-refractivity contribution in [1.29, 1.82) is 0 Å². The number of anilines is 1. The number of benzene rings is 7. The van der Waals surface area contributed by atoms with Crippen molar-refractivity contribution in [2.75, 3.05) is 5.32 Å². The Morgan fingerprint density at radius 2 is 1.05 bits per heavy atom. The van der Waals surface area contributed by atoms with Crippen LogP contribution < -0.4 is 114 Å². The molecule has 27 heteroatoms. The first-order chi connectivity index (χ1) is 28.7. The van der Waals surface area contributed by atoms with Crippen LogP contribution in [0.3, 0.4) is 0 Å². The van der Waals surface area contributed by atoms with Gasteiger partial charge in [0.05, 0.1) is 37.4 Å². The number of rotatable bonds is 10. The number of fused-ring (bicyclic) bond motifs is 2. The molecular formula is C39H20Cu2N5Na3O14S3. The minimum atomic E-state index is -5.49. The molecule has 328 valence electrons. The van der Waals surface area contributed by atoms with E-state index in [1.165, 1.54) is 30.3 Å². The van der Waals surface area contributed by atoms with Gasteiger partial charge in [-0.25, -0.2) is 25.3 Å². The van der Waals surface area contributed by atoms with Crippen LogP contribution in [-0.2, 0) is 64.5 Å². The predicted octanol–water partition coefficient (Wildman–Crippen LogP) is -4.24. The number of carbonyl (C=O) groups excluding carboxylic acids is 1. The fourth-order valence-corrected chi connectivity index (χ4v) is 8.04. The first kappa shape index (κ1) is 58.8. The van der Waals surface area contributed by atoms with Gasteiger partial charge < -0.3 is 39.4 Å². The molecule has 0 unspecified atom stereocenters. The summed E-state index contributed by atoms with van der Waals surface area (Å²) < 4.78 is 108. The van der Waals surface area contributed by atoms with Crippen LogP contribution in [0.15, 0.2) is 150 Å². The van der Waals surface area contributed by atoms with Crippen LogP contribution in [0.2, 0.25) is 0 Å². The normalized spacial score (nSPS) is 11.5. The maximum Gasteiger partial charge on any atom is 2.00 e. The zero-order chi connectivity index (χ0) is 44.0. The minimum Gasteiger partial charge on any atom is -0.871 e. The fourth-order valence-electron chi connectivity index (χ4n) is 6.06. The first-order valence-electron chi connectivity index (χ1n) is 16.9. The molecule has 0 heterocycles. The Balaban J connectivity index is 0.00000299. The Bertz CT molecular complexity index is 3410. The Labute approximate surface area is 462 Å². The average molecular weight is 1070 g/mol. The molecule has 1 N–H and O–H groups in total. The molecule has 0 aliphatic carbocycles. The van der Waals surface area contributed by atoms with Gasteiger partial charge in [-0.15, -0.1) is 5.11 Å². The van der Waals surface area contributed by atoms with E-state index in [2.05, 4.69) is 25.8 Å². The summed E-state index contributed by atoms with van der Waals surface area (Å²) in [5.41, 5.74) is -1.59. The third-order valence-electron chi connectivity index (χ3n) is 8.91. The molecule has 0 aliphatic heterocycles. The molecule has 7 aromatic carbocycles. The fraction of sp³-hybridized carbons (Fsp3) is 0. The van der Waals surface area contributed by atoms with Crippen LogP contribution in [0, 0.1) is 0 Å². The molecule has 0 atom stereocenters. The predicted molar refractivity (Wildman–Crippen MR) is 204 cm³/mol. The van der Waals surface area contributed by atoms with Gasteiger partial charge in [-0.2, -0.15) is 15.3 Å². The van der Waals surface area contributed by atoms with Crippen LogP contribution in [0.25, 0.3) is 32.7 Å². The molecule has 66 heavy (non-hydrogen) atoms. The van der Waals surface area contributed by atoms with Crippen molar-refractivity contribution < 1.29 is 187 Å². The number of azo groups is 2. The quantitative estimate of drug-likeness (QED) is 0.0771. The molecule has 0 spiro atoms. The molecule has 0 saturated heterocycles. The third-order valence-corrected chi connectivity index (χ3v) is 11.4. The molecule has 2 radical (unpaired) electrons. The van der Waals surface area contributed by atoms with Crippen molar-refractivity contribution in [2.24, 2.45) is 20.5 Å². The smallest absolute Gasteiger partial charge is 0.871 e. The van der Waals surface area contributed by atoms with Gasteiger partial charge in [-0.05, 0) is 81.9 Å². The summed E-state index contributed by atoms with van der Waals surface area (Å²) in [7, 11) is -16.1. The molecule has 7 rings (SSSR count). The Morgan fingerprint density at radius 3 is 1.56 bits per heavy atom. The van der Waals surface area contributed by atoms with Gasteiger partial charge in [0.15, 0.2) is 0 Å². The van der Waals surface area contributed by atoms with Gasteiger partial charge in [0.2, 0.25) is 0 Å². The van der Waals surface area contributed by atoms with Crippen LogP contribution in [-0.4, -0.2) is 44.8 Å². The van der Waals surface area contributed by atoms with Crippen LogP contribution in [0.5, 0.6) is 23.0 Å². The second-order valence-electron chi connectivity index (χ2n) is 12.9. The van der Waals surface area contributed by atoms with Crippen molar-refractivity contribution in [1.82, 2.24) is 0 Å². The number of amides is 1. The van der Waals surface area contributed by atoms with E-state index in [0.717, 1.165) is 48.5 Å². The third kappa shape index (κ3) is 13.1. The summed E-state index contributed by atoms with van der Waals surface area (Å²) >= 11 is 0. The summed E-state index contributed by atoms with van der Waals surface area (Å²) in [6.07, 6.45) is 0. The number of nitrogens with one attached hydrogen (secondary N) is 1. The van der Waals surface area contributed by atoms with Crippen LogP contribution in [0.4, 0.5) is 28.4 Å². The second-order valence-corrected chi connectivity index (χ2v) is 16.9. The Morgan fingerprint density at radius 1 is 0.500 bits per heavy atom. The summed E-state index contributed by atoms with van der Waals surface area (Å²) in [6, 6.07) is 22.8. The van der Waals surface area contributed by atoms with Gasteiger partial charge in [-0.3, -0.25) is 4.79 Å². The van der Waals surface area contributed by atoms with Crippen molar-refractivity contribution in [3.05, 3.63) is 121 Å². The number of nitrogens with zero attached hydrogens (tertiary/aromatic N) is 4. The number of hydrogen-bond donors (Lipinski definition) is 1. The van der Waals surface area contributed by atoms with Crippen molar-refractivity contribution >= 4 is 86.2 Å². The first-order valence-corrected chi connectivity index (χ1v) is 21.2. The molecule has 0 fully saturated rings. The molecule has 0 bridgehead atoms. The van der Waals surface area contributed by atoms with Gasteiger partial charge in [0.25, 0.3) is 5.91 Å². The van der Waals surface area contributed by atoms with Crippen molar-refractivity contribution in [3.63, 3.8) is 0 Å². The van der Waals surface area contributed by atoms with Gasteiger partial charge in [0, 0.05) is 16.6 Å². The monoisotopic (exact) mass is 1070 g/mol. The van der Waals surface area contributed by atoms with Crippen molar-refractivity contribution in [3.8, 4) is 34.1 Å². The molecule has 7 aromatic rings. The molecule has 19 nitrogen and oxygen atoms in total. The van der Waals surface area contributed by atoms with Gasteiger partial charge in [0.1, 0.15) is 30.4 Å². The van der Waals surface area contributed by atoms with Crippen LogP contribution >= 0.6 is 0 Å². The van der Waals surface area contributed by atoms with E-state index in [4.69, 9.17) is 0 Å². The Hall–Kier alpha value is -3.30. The van der Waals surface area contributed by atoms with Gasteiger partial charge in [-0.1, -0.05) is 83.7 Å². The number of hydrogen-bond acceptors (Lipinski definition) is 18. The number of carbonyl (C=O) groups is 1. The second kappa shape index (κ2) is 23.3. The minimum absolute atomic E-state index is 0. The van der Waals surface area contributed by atoms with Gasteiger partial charge >= 0.3 is 123 Å². The van der Waals surface area contributed by atoms with E-state index < -0.39 is 102 Å². The molecule has 1 amide bonds.